The molecule has 4 rings (SSSR count). The molecule has 0 aromatic heterocycles. The van der Waals surface area contributed by atoms with Gasteiger partial charge in [0.2, 0.25) is 0 Å². The Kier molecular flexibility index (Phi) is 6.37. The fourth-order valence-corrected chi connectivity index (χ4v) is 4.59. The Hall–Kier alpha value is -2.68. The molecule has 2 heterocycles. The summed E-state index contributed by atoms with van der Waals surface area (Å²) in [6.07, 6.45) is 0.763. The molecule has 172 valence electrons. The Balaban J connectivity index is 1.48. The zero-order valence-corrected chi connectivity index (χ0v) is 18.4. The van der Waals surface area contributed by atoms with Crippen LogP contribution in [0.2, 0.25) is 0 Å². The first-order chi connectivity index (χ1) is 15.2. The van der Waals surface area contributed by atoms with Gasteiger partial charge in [-0.3, -0.25) is 19.8 Å². The number of nitrogens with zero attached hydrogens (tertiary/aromatic N) is 2. The molecule has 0 bridgehead atoms. The monoisotopic (exact) mass is 443 g/mol. The number of carbonyl (C=O) groups is 1. The smallest absolute Gasteiger partial charge is 0.257 e. The van der Waals surface area contributed by atoms with E-state index in [9.17, 15) is 14.3 Å². The van der Waals surface area contributed by atoms with Crippen molar-refractivity contribution in [3.05, 3.63) is 59.2 Å². The number of phenols is 1. The highest BCUT2D eigenvalue weighted by atomic mass is 19.1. The van der Waals surface area contributed by atoms with Gasteiger partial charge >= 0.3 is 0 Å². The van der Waals surface area contributed by atoms with Crippen LogP contribution >= 0.6 is 0 Å². The van der Waals surface area contributed by atoms with E-state index in [1.165, 1.54) is 0 Å². The van der Waals surface area contributed by atoms with Gasteiger partial charge in [0.25, 0.3) is 5.91 Å². The zero-order chi connectivity index (χ0) is 22.9. The summed E-state index contributed by atoms with van der Waals surface area (Å²) in [6, 6.07) is 13.2. The highest BCUT2D eigenvalue weighted by molar-refractivity contribution is 5.76. The molecule has 0 saturated carbocycles. The van der Waals surface area contributed by atoms with Crippen molar-refractivity contribution < 1.29 is 24.2 Å². The summed E-state index contributed by atoms with van der Waals surface area (Å²) in [5, 5.41) is 18.5. The molecule has 1 atom stereocenters. The molecule has 2 aromatic rings. The van der Waals surface area contributed by atoms with Gasteiger partial charge in [-0.2, -0.15) is 0 Å². The van der Waals surface area contributed by atoms with Gasteiger partial charge in [-0.15, -0.1) is 0 Å². The van der Waals surface area contributed by atoms with Gasteiger partial charge in [0, 0.05) is 26.2 Å². The molecule has 1 saturated heterocycles. The minimum atomic E-state index is -1.32. The average molecular weight is 444 g/mol. The maximum Gasteiger partial charge on any atom is 0.257 e. The number of nitrogens with one attached hydrogen (secondary N) is 1. The van der Waals surface area contributed by atoms with Crippen LogP contribution in [0.4, 0.5) is 4.39 Å². The minimum absolute atomic E-state index is 0.00504. The number of hydroxylamine groups is 1. The van der Waals surface area contributed by atoms with Crippen LogP contribution in [0.5, 0.6) is 11.5 Å². The predicted molar refractivity (Wildman–Crippen MR) is 118 cm³/mol. The number of hydrogen-bond donors (Lipinski definition) is 3. The normalized spacial score (nSPS) is 19.8. The SMILES string of the molecule is CC(C)(F)CN1CCc2cc(O)ccc2C1c1ccc(OC2CN(CC(=O)NO)C2)cc1. The molecule has 1 unspecified atom stereocenters. The molecule has 8 heteroatoms. The Labute approximate surface area is 187 Å². The largest absolute Gasteiger partial charge is 0.508 e. The van der Waals surface area contributed by atoms with E-state index < -0.39 is 11.6 Å². The van der Waals surface area contributed by atoms with E-state index in [0.717, 1.165) is 28.9 Å². The number of alkyl halides is 1. The van der Waals surface area contributed by atoms with Crippen molar-refractivity contribution in [1.82, 2.24) is 15.3 Å². The first-order valence-corrected chi connectivity index (χ1v) is 10.9. The van der Waals surface area contributed by atoms with Gasteiger partial charge in [-0.05, 0) is 61.2 Å². The standard InChI is InChI=1S/C24H30FN3O4/c1-24(2,25)15-28-10-9-17-11-18(29)5-8-21(17)23(28)16-3-6-19(7-4-16)32-20-12-27(13-20)14-22(30)26-31/h3-8,11,20,23,29,31H,9-10,12-15H2,1-2H3,(H,26,30). The van der Waals surface area contributed by atoms with Crippen LogP contribution in [0.1, 0.15) is 36.6 Å². The first-order valence-electron chi connectivity index (χ1n) is 10.9. The van der Waals surface area contributed by atoms with Crippen LogP contribution in [0.15, 0.2) is 42.5 Å². The van der Waals surface area contributed by atoms with Crippen molar-refractivity contribution in [2.75, 3.05) is 32.7 Å². The minimum Gasteiger partial charge on any atom is -0.508 e. The highest BCUT2D eigenvalue weighted by Crippen LogP contribution is 2.38. The molecule has 7 nitrogen and oxygen atoms in total. The third kappa shape index (κ3) is 5.20. The maximum atomic E-state index is 14.5. The van der Waals surface area contributed by atoms with Crippen molar-refractivity contribution >= 4 is 5.91 Å². The lowest BCUT2D eigenvalue weighted by Gasteiger charge is -2.40. The average Bonchev–Trinajstić information content (AvgIpc) is 2.71. The zero-order valence-electron chi connectivity index (χ0n) is 18.4. The molecule has 0 aliphatic carbocycles. The Bertz CT molecular complexity index is 955. The van der Waals surface area contributed by atoms with Crippen molar-refractivity contribution in [2.45, 2.75) is 38.1 Å². The molecule has 0 spiro atoms. The second-order valence-electron chi connectivity index (χ2n) is 9.26. The number of carbonyl (C=O) groups excluding carboxylic acids is 1. The topological polar surface area (TPSA) is 85.3 Å². The first kappa shape index (κ1) is 22.5. The fraction of sp³-hybridized carbons (Fsp3) is 0.458. The lowest BCUT2D eigenvalue weighted by Crippen LogP contribution is -2.56. The van der Waals surface area contributed by atoms with Gasteiger partial charge in [0.1, 0.15) is 23.3 Å². The number of halogens is 1. The highest BCUT2D eigenvalue weighted by Gasteiger charge is 2.33. The van der Waals surface area contributed by atoms with Crippen molar-refractivity contribution in [3.8, 4) is 11.5 Å². The predicted octanol–water partition coefficient (Wildman–Crippen LogP) is 2.66. The molecule has 32 heavy (non-hydrogen) atoms. The van der Waals surface area contributed by atoms with Crippen LogP contribution in [-0.2, 0) is 11.2 Å². The van der Waals surface area contributed by atoms with E-state index >= 15 is 0 Å². The number of aromatic hydroxyl groups is 1. The van der Waals surface area contributed by atoms with Crippen molar-refractivity contribution in [1.29, 1.82) is 0 Å². The number of amides is 1. The van der Waals surface area contributed by atoms with Gasteiger partial charge in [-0.1, -0.05) is 18.2 Å². The van der Waals surface area contributed by atoms with E-state index in [1.54, 1.807) is 31.5 Å². The summed E-state index contributed by atoms with van der Waals surface area (Å²) in [4.78, 5) is 15.2. The third-order valence-electron chi connectivity index (χ3n) is 5.95. The summed E-state index contributed by atoms with van der Waals surface area (Å²) >= 11 is 0. The number of likely N-dealkylation sites (tertiary alicyclic amines) is 1. The van der Waals surface area contributed by atoms with Gasteiger partial charge in [0.05, 0.1) is 12.6 Å². The van der Waals surface area contributed by atoms with Crippen LogP contribution in [0.3, 0.4) is 0 Å². The number of phenolic OH excluding ortho intramolecular Hbond substituents is 1. The van der Waals surface area contributed by atoms with Crippen LogP contribution in [0.25, 0.3) is 0 Å². The summed E-state index contributed by atoms with van der Waals surface area (Å²) in [5.41, 5.74) is 3.53. The molecule has 1 amide bonds. The van der Waals surface area contributed by atoms with Crippen LogP contribution < -0.4 is 10.2 Å². The number of rotatable bonds is 7. The third-order valence-corrected chi connectivity index (χ3v) is 5.95. The summed E-state index contributed by atoms with van der Waals surface area (Å²) in [5.74, 6) is 0.551. The number of fused-ring (bicyclic) bond motifs is 1. The lowest BCUT2D eigenvalue weighted by molar-refractivity contribution is -0.132. The molecular weight excluding hydrogens is 413 g/mol. The molecule has 2 aliphatic rings. The van der Waals surface area contributed by atoms with Gasteiger partial charge in [0.15, 0.2) is 0 Å². The van der Waals surface area contributed by atoms with Crippen LogP contribution in [0, 0.1) is 0 Å². The molecule has 0 radical (unpaired) electrons. The van der Waals surface area contributed by atoms with Gasteiger partial charge in [-0.25, -0.2) is 9.87 Å². The second kappa shape index (κ2) is 9.05. The van der Waals surface area contributed by atoms with Gasteiger partial charge < -0.3 is 9.84 Å². The van der Waals surface area contributed by atoms with E-state index in [0.29, 0.717) is 26.2 Å². The van der Waals surface area contributed by atoms with Crippen molar-refractivity contribution in [2.24, 2.45) is 0 Å². The molecule has 2 aromatic carbocycles. The maximum absolute atomic E-state index is 14.5. The summed E-state index contributed by atoms with van der Waals surface area (Å²) in [6.45, 7) is 5.61. The number of hydrogen-bond acceptors (Lipinski definition) is 6. The van der Waals surface area contributed by atoms with E-state index in [4.69, 9.17) is 9.94 Å². The van der Waals surface area contributed by atoms with Crippen molar-refractivity contribution in [3.63, 3.8) is 0 Å². The second-order valence-corrected chi connectivity index (χ2v) is 9.26. The Morgan fingerprint density at radius 2 is 1.94 bits per heavy atom. The molecule has 3 N–H and O–H groups in total. The Morgan fingerprint density at radius 1 is 1.22 bits per heavy atom. The summed E-state index contributed by atoms with van der Waals surface area (Å²) in [7, 11) is 0. The van der Waals surface area contributed by atoms with Crippen LogP contribution in [-0.4, -0.2) is 70.5 Å². The molecule has 1 fully saturated rings. The molecular formula is C24H30FN3O4. The van der Waals surface area contributed by atoms with E-state index in [1.807, 2.05) is 35.2 Å². The van der Waals surface area contributed by atoms with E-state index in [-0.39, 0.29) is 24.4 Å². The molecule has 2 aliphatic heterocycles. The lowest BCUT2D eigenvalue weighted by atomic mass is 9.87. The fourth-order valence-electron chi connectivity index (χ4n) is 4.59. The summed E-state index contributed by atoms with van der Waals surface area (Å²) < 4.78 is 20.5. The number of ether oxygens (including phenoxy) is 1. The number of benzene rings is 2. The van der Waals surface area contributed by atoms with E-state index in [2.05, 4.69) is 4.90 Å². The quantitative estimate of drug-likeness (QED) is 0.451. The Morgan fingerprint density at radius 3 is 2.59 bits per heavy atom.